The van der Waals surface area contributed by atoms with Crippen molar-refractivity contribution in [3.8, 4) is 11.5 Å². The summed E-state index contributed by atoms with van der Waals surface area (Å²) in [4.78, 5) is 4.47. The average Bonchev–Trinajstić information content (AvgIpc) is 2.64. The summed E-state index contributed by atoms with van der Waals surface area (Å²) in [6.07, 6.45) is 3.00. The Morgan fingerprint density at radius 3 is 2.52 bits per heavy atom. The molecule has 1 fully saturated rings. The molecular formula is C18H22N2O4S. The van der Waals surface area contributed by atoms with Crippen LogP contribution in [0.3, 0.4) is 0 Å². The Labute approximate surface area is 148 Å². The summed E-state index contributed by atoms with van der Waals surface area (Å²) in [6, 6.07) is 10.4. The number of benzene rings is 1. The van der Waals surface area contributed by atoms with Crippen molar-refractivity contribution in [3.63, 3.8) is 0 Å². The summed E-state index contributed by atoms with van der Waals surface area (Å²) in [5, 5.41) is 0. The number of piperidine rings is 1. The third kappa shape index (κ3) is 4.11. The molecule has 0 N–H and O–H groups in total. The number of ether oxygens (including phenoxy) is 2. The van der Waals surface area contributed by atoms with Crippen LogP contribution in [0.15, 0.2) is 47.5 Å². The highest BCUT2D eigenvalue weighted by molar-refractivity contribution is 7.89. The van der Waals surface area contributed by atoms with Crippen LogP contribution in [0, 0.1) is 6.92 Å². The smallest absolute Gasteiger partial charge is 0.243 e. The molecule has 3 rings (SSSR count). The van der Waals surface area contributed by atoms with Gasteiger partial charge in [0.15, 0.2) is 0 Å². The van der Waals surface area contributed by atoms with E-state index in [2.05, 4.69) is 4.98 Å². The first-order valence-corrected chi connectivity index (χ1v) is 9.66. The Kier molecular flexibility index (Phi) is 5.24. The van der Waals surface area contributed by atoms with Gasteiger partial charge in [-0.15, -0.1) is 0 Å². The van der Waals surface area contributed by atoms with E-state index >= 15 is 0 Å². The molecule has 1 saturated heterocycles. The summed E-state index contributed by atoms with van der Waals surface area (Å²) in [5.41, 5.74) is 0.937. The van der Waals surface area contributed by atoms with Crippen LogP contribution in [0.25, 0.3) is 0 Å². The van der Waals surface area contributed by atoms with Gasteiger partial charge in [-0.2, -0.15) is 4.31 Å². The Hall–Kier alpha value is -2.12. The molecule has 0 aliphatic carbocycles. The monoisotopic (exact) mass is 362 g/mol. The third-order valence-corrected chi connectivity index (χ3v) is 6.16. The molecule has 7 heteroatoms. The molecule has 25 heavy (non-hydrogen) atoms. The quantitative estimate of drug-likeness (QED) is 0.818. The average molecular weight is 362 g/mol. The van der Waals surface area contributed by atoms with Gasteiger partial charge in [0, 0.05) is 24.8 Å². The van der Waals surface area contributed by atoms with Crippen LogP contribution >= 0.6 is 0 Å². The van der Waals surface area contributed by atoms with Crippen LogP contribution in [-0.2, 0) is 10.0 Å². The van der Waals surface area contributed by atoms with E-state index in [1.807, 2.05) is 19.1 Å². The molecule has 1 aromatic heterocycles. The lowest BCUT2D eigenvalue weighted by atomic mass is 10.1. The maximum Gasteiger partial charge on any atom is 0.243 e. The maximum absolute atomic E-state index is 12.8. The van der Waals surface area contributed by atoms with E-state index in [-0.39, 0.29) is 11.0 Å². The van der Waals surface area contributed by atoms with E-state index in [1.165, 1.54) is 11.4 Å². The summed E-state index contributed by atoms with van der Waals surface area (Å²) < 4.78 is 38.1. The number of aryl methyl sites for hydroxylation is 1. The highest BCUT2D eigenvalue weighted by Gasteiger charge is 2.30. The predicted octanol–water partition coefficient (Wildman–Crippen LogP) is 2.63. The first-order valence-electron chi connectivity index (χ1n) is 8.22. The van der Waals surface area contributed by atoms with Gasteiger partial charge in [-0.3, -0.25) is 4.98 Å². The Morgan fingerprint density at radius 2 is 1.88 bits per heavy atom. The van der Waals surface area contributed by atoms with Gasteiger partial charge >= 0.3 is 0 Å². The SMILES string of the molecule is COc1cccc(S(=O)(=O)N2CCC(Oc3ccc(C)nc3)CC2)c1. The van der Waals surface area contributed by atoms with Gasteiger partial charge in [-0.05, 0) is 44.0 Å². The summed E-state index contributed by atoms with van der Waals surface area (Å²) in [6.45, 7) is 2.79. The summed E-state index contributed by atoms with van der Waals surface area (Å²) >= 11 is 0. The molecule has 1 aliphatic heterocycles. The topological polar surface area (TPSA) is 68.7 Å². The molecule has 0 atom stereocenters. The lowest BCUT2D eigenvalue weighted by Crippen LogP contribution is -2.41. The number of sulfonamides is 1. The number of hydrogen-bond acceptors (Lipinski definition) is 5. The summed E-state index contributed by atoms with van der Waals surface area (Å²) in [5.74, 6) is 1.26. The van der Waals surface area contributed by atoms with Crippen LogP contribution in [0.4, 0.5) is 0 Å². The molecule has 2 heterocycles. The van der Waals surface area contributed by atoms with Crippen LogP contribution in [0.2, 0.25) is 0 Å². The molecular weight excluding hydrogens is 340 g/mol. The minimum absolute atomic E-state index is 0.00117. The van der Waals surface area contributed by atoms with Gasteiger partial charge in [-0.1, -0.05) is 6.07 Å². The van der Waals surface area contributed by atoms with Crippen LogP contribution in [-0.4, -0.2) is 44.0 Å². The Balaban J connectivity index is 1.63. The zero-order chi connectivity index (χ0) is 17.9. The van der Waals surface area contributed by atoms with Crippen LogP contribution in [0.1, 0.15) is 18.5 Å². The first-order chi connectivity index (χ1) is 12.0. The number of aromatic nitrogens is 1. The molecule has 2 aromatic rings. The minimum Gasteiger partial charge on any atom is -0.497 e. The molecule has 1 aliphatic rings. The molecule has 6 nitrogen and oxygen atoms in total. The standard InChI is InChI=1S/C18H22N2O4S/c1-14-6-7-17(13-19-14)24-15-8-10-20(11-9-15)25(21,22)18-5-3-4-16(12-18)23-2/h3-7,12-13,15H,8-11H2,1-2H3. The molecule has 1 aromatic carbocycles. The van der Waals surface area contributed by atoms with E-state index in [0.717, 1.165) is 11.4 Å². The van der Waals surface area contributed by atoms with Crippen molar-refractivity contribution < 1.29 is 17.9 Å². The van der Waals surface area contributed by atoms with Gasteiger partial charge in [0.1, 0.15) is 17.6 Å². The number of hydrogen-bond donors (Lipinski definition) is 0. The number of pyridine rings is 1. The van der Waals surface area contributed by atoms with E-state index in [9.17, 15) is 8.42 Å². The Morgan fingerprint density at radius 1 is 1.12 bits per heavy atom. The second-order valence-corrected chi connectivity index (χ2v) is 7.97. The number of rotatable bonds is 5. The van der Waals surface area contributed by atoms with Gasteiger partial charge in [0.2, 0.25) is 10.0 Å². The van der Waals surface area contributed by atoms with Crippen LogP contribution < -0.4 is 9.47 Å². The summed E-state index contributed by atoms with van der Waals surface area (Å²) in [7, 11) is -1.99. The lowest BCUT2D eigenvalue weighted by Gasteiger charge is -2.31. The number of methoxy groups -OCH3 is 1. The predicted molar refractivity (Wildman–Crippen MR) is 94.4 cm³/mol. The van der Waals surface area contributed by atoms with E-state index in [1.54, 1.807) is 30.5 Å². The van der Waals surface area contributed by atoms with E-state index in [4.69, 9.17) is 9.47 Å². The van der Waals surface area contributed by atoms with E-state index < -0.39 is 10.0 Å². The molecule has 0 amide bonds. The van der Waals surface area contributed by atoms with Crippen molar-refractivity contribution in [3.05, 3.63) is 48.3 Å². The zero-order valence-corrected chi connectivity index (χ0v) is 15.2. The fourth-order valence-electron chi connectivity index (χ4n) is 2.82. The third-order valence-electron chi connectivity index (χ3n) is 4.27. The van der Waals surface area contributed by atoms with Crippen molar-refractivity contribution in [2.24, 2.45) is 0 Å². The van der Waals surface area contributed by atoms with Crippen molar-refractivity contribution in [2.75, 3.05) is 20.2 Å². The molecule has 0 spiro atoms. The molecule has 0 saturated carbocycles. The van der Waals surface area contributed by atoms with Gasteiger partial charge in [0.05, 0.1) is 18.2 Å². The lowest BCUT2D eigenvalue weighted by molar-refractivity contribution is 0.134. The van der Waals surface area contributed by atoms with Gasteiger partial charge < -0.3 is 9.47 Å². The molecule has 0 radical (unpaired) electrons. The molecule has 0 unspecified atom stereocenters. The second-order valence-electron chi connectivity index (χ2n) is 6.04. The largest absolute Gasteiger partial charge is 0.497 e. The first kappa shape index (κ1) is 17.7. The highest BCUT2D eigenvalue weighted by atomic mass is 32.2. The second kappa shape index (κ2) is 7.41. The van der Waals surface area contributed by atoms with Crippen molar-refractivity contribution >= 4 is 10.0 Å². The fraction of sp³-hybridized carbons (Fsp3) is 0.389. The minimum atomic E-state index is -3.51. The Bertz CT molecular complexity index is 813. The van der Waals surface area contributed by atoms with Crippen molar-refractivity contribution in [1.29, 1.82) is 0 Å². The van der Waals surface area contributed by atoms with Gasteiger partial charge in [0.25, 0.3) is 0 Å². The molecule has 134 valence electrons. The normalized spacial score (nSPS) is 16.6. The maximum atomic E-state index is 12.8. The fourth-order valence-corrected chi connectivity index (χ4v) is 4.32. The zero-order valence-electron chi connectivity index (χ0n) is 14.4. The van der Waals surface area contributed by atoms with Gasteiger partial charge in [-0.25, -0.2) is 8.42 Å². The highest BCUT2D eigenvalue weighted by Crippen LogP contribution is 2.25. The number of nitrogens with zero attached hydrogens (tertiary/aromatic N) is 2. The molecule has 0 bridgehead atoms. The van der Waals surface area contributed by atoms with Crippen molar-refractivity contribution in [2.45, 2.75) is 30.8 Å². The van der Waals surface area contributed by atoms with Crippen LogP contribution in [0.5, 0.6) is 11.5 Å². The van der Waals surface area contributed by atoms with E-state index in [0.29, 0.717) is 31.7 Å². The van der Waals surface area contributed by atoms with Crippen molar-refractivity contribution in [1.82, 2.24) is 9.29 Å².